The van der Waals surface area contributed by atoms with Crippen molar-refractivity contribution in [2.24, 2.45) is 5.73 Å². The predicted molar refractivity (Wildman–Crippen MR) is 67.7 cm³/mol. The SMILES string of the molecule is Cc1cccc(Cn2ccnc2CC(C)N)n1. The van der Waals surface area contributed by atoms with E-state index in [0.29, 0.717) is 0 Å². The molecule has 0 saturated heterocycles. The third-order valence-electron chi connectivity index (χ3n) is 2.58. The van der Waals surface area contributed by atoms with Crippen LogP contribution in [0.1, 0.15) is 24.1 Å². The molecule has 0 saturated carbocycles. The lowest BCUT2D eigenvalue weighted by Gasteiger charge is -2.09. The Kier molecular flexibility index (Phi) is 3.54. The lowest BCUT2D eigenvalue weighted by molar-refractivity contribution is 0.642. The molecule has 2 aromatic heterocycles. The van der Waals surface area contributed by atoms with Crippen molar-refractivity contribution in [3.8, 4) is 0 Å². The third kappa shape index (κ3) is 3.14. The summed E-state index contributed by atoms with van der Waals surface area (Å²) in [6.45, 7) is 4.74. The van der Waals surface area contributed by atoms with Crippen LogP contribution in [0.25, 0.3) is 0 Å². The molecule has 0 fully saturated rings. The molecule has 17 heavy (non-hydrogen) atoms. The molecule has 90 valence electrons. The fourth-order valence-electron chi connectivity index (χ4n) is 1.82. The summed E-state index contributed by atoms with van der Waals surface area (Å²) in [4.78, 5) is 8.82. The number of hydrogen-bond donors (Lipinski definition) is 1. The first-order chi connectivity index (χ1) is 8.15. The molecule has 4 heteroatoms. The molecule has 0 radical (unpaired) electrons. The smallest absolute Gasteiger partial charge is 0.110 e. The molecule has 0 aliphatic rings. The monoisotopic (exact) mass is 230 g/mol. The number of imidazole rings is 1. The van der Waals surface area contributed by atoms with Crippen LogP contribution in [0.2, 0.25) is 0 Å². The van der Waals surface area contributed by atoms with Crippen LogP contribution in [-0.2, 0) is 13.0 Å². The van der Waals surface area contributed by atoms with Gasteiger partial charge >= 0.3 is 0 Å². The fourth-order valence-corrected chi connectivity index (χ4v) is 1.82. The molecule has 0 aliphatic carbocycles. The summed E-state index contributed by atoms with van der Waals surface area (Å²) in [5.41, 5.74) is 7.89. The minimum absolute atomic E-state index is 0.126. The van der Waals surface area contributed by atoms with Crippen molar-refractivity contribution < 1.29 is 0 Å². The van der Waals surface area contributed by atoms with Gasteiger partial charge in [-0.15, -0.1) is 0 Å². The Morgan fingerprint density at radius 3 is 2.94 bits per heavy atom. The van der Waals surface area contributed by atoms with Gasteiger partial charge in [0.2, 0.25) is 0 Å². The highest BCUT2D eigenvalue weighted by Gasteiger charge is 2.06. The van der Waals surface area contributed by atoms with Gasteiger partial charge in [-0.3, -0.25) is 4.98 Å². The number of rotatable bonds is 4. The quantitative estimate of drug-likeness (QED) is 0.866. The number of hydrogen-bond acceptors (Lipinski definition) is 3. The maximum atomic E-state index is 5.80. The Morgan fingerprint density at radius 1 is 1.41 bits per heavy atom. The Morgan fingerprint density at radius 2 is 2.24 bits per heavy atom. The van der Waals surface area contributed by atoms with Crippen molar-refractivity contribution in [1.29, 1.82) is 0 Å². The van der Waals surface area contributed by atoms with Gasteiger partial charge in [-0.1, -0.05) is 6.07 Å². The van der Waals surface area contributed by atoms with Gasteiger partial charge in [0.15, 0.2) is 0 Å². The second-order valence-electron chi connectivity index (χ2n) is 4.42. The zero-order valence-electron chi connectivity index (χ0n) is 10.3. The Bertz CT molecular complexity index is 488. The van der Waals surface area contributed by atoms with Crippen LogP contribution >= 0.6 is 0 Å². The van der Waals surface area contributed by atoms with Crippen LogP contribution in [0.3, 0.4) is 0 Å². The zero-order chi connectivity index (χ0) is 12.3. The maximum Gasteiger partial charge on any atom is 0.110 e. The summed E-state index contributed by atoms with van der Waals surface area (Å²) in [7, 11) is 0. The second kappa shape index (κ2) is 5.10. The molecular weight excluding hydrogens is 212 g/mol. The molecule has 4 nitrogen and oxygen atoms in total. The minimum Gasteiger partial charge on any atom is -0.329 e. The van der Waals surface area contributed by atoms with Gasteiger partial charge in [-0.25, -0.2) is 4.98 Å². The molecule has 2 rings (SSSR count). The average Bonchev–Trinajstić information content (AvgIpc) is 2.65. The van der Waals surface area contributed by atoms with Gasteiger partial charge in [-0.05, 0) is 26.0 Å². The van der Waals surface area contributed by atoms with E-state index in [4.69, 9.17) is 5.73 Å². The second-order valence-corrected chi connectivity index (χ2v) is 4.42. The van der Waals surface area contributed by atoms with Crippen molar-refractivity contribution >= 4 is 0 Å². The summed E-state index contributed by atoms with van der Waals surface area (Å²) in [6.07, 6.45) is 4.58. The van der Waals surface area contributed by atoms with E-state index in [1.807, 2.05) is 44.4 Å². The Hall–Kier alpha value is -1.68. The van der Waals surface area contributed by atoms with Gasteiger partial charge in [0, 0.05) is 30.6 Å². The summed E-state index contributed by atoms with van der Waals surface area (Å²) in [6, 6.07) is 6.18. The lowest BCUT2D eigenvalue weighted by Crippen LogP contribution is -2.20. The van der Waals surface area contributed by atoms with Crippen LogP contribution in [0.4, 0.5) is 0 Å². The molecule has 0 aliphatic heterocycles. The van der Waals surface area contributed by atoms with E-state index >= 15 is 0 Å². The molecule has 0 bridgehead atoms. The summed E-state index contributed by atoms with van der Waals surface area (Å²) >= 11 is 0. The van der Waals surface area contributed by atoms with Crippen molar-refractivity contribution in [2.75, 3.05) is 0 Å². The number of pyridine rings is 1. The highest BCUT2D eigenvalue weighted by molar-refractivity contribution is 5.11. The standard InChI is InChI=1S/C13H18N4/c1-10(14)8-13-15-6-7-17(13)9-12-5-3-4-11(2)16-12/h3-7,10H,8-9,14H2,1-2H3. The minimum atomic E-state index is 0.126. The fraction of sp³-hybridized carbons (Fsp3) is 0.385. The molecule has 1 unspecified atom stereocenters. The Labute approximate surface area is 102 Å². The average molecular weight is 230 g/mol. The summed E-state index contributed by atoms with van der Waals surface area (Å²) < 4.78 is 2.10. The van der Waals surface area contributed by atoms with Crippen molar-refractivity contribution in [2.45, 2.75) is 32.9 Å². The van der Waals surface area contributed by atoms with E-state index < -0.39 is 0 Å². The number of nitrogens with zero attached hydrogens (tertiary/aromatic N) is 3. The van der Waals surface area contributed by atoms with Crippen LogP contribution in [-0.4, -0.2) is 20.6 Å². The largest absolute Gasteiger partial charge is 0.329 e. The van der Waals surface area contributed by atoms with E-state index in [1.54, 1.807) is 0 Å². The summed E-state index contributed by atoms with van der Waals surface area (Å²) in [5.74, 6) is 1.02. The molecule has 2 aromatic rings. The molecule has 0 amide bonds. The first-order valence-electron chi connectivity index (χ1n) is 5.83. The zero-order valence-corrected chi connectivity index (χ0v) is 10.3. The van der Waals surface area contributed by atoms with E-state index in [1.165, 1.54) is 0 Å². The number of aryl methyl sites for hydroxylation is 1. The first kappa shape index (κ1) is 11.8. The van der Waals surface area contributed by atoms with E-state index in [-0.39, 0.29) is 6.04 Å². The van der Waals surface area contributed by atoms with Crippen LogP contribution < -0.4 is 5.73 Å². The number of aromatic nitrogens is 3. The molecular formula is C13H18N4. The predicted octanol–water partition coefficient (Wildman–Crippen LogP) is 1.52. The van der Waals surface area contributed by atoms with Crippen molar-refractivity contribution in [3.63, 3.8) is 0 Å². The van der Waals surface area contributed by atoms with Gasteiger partial charge in [0.25, 0.3) is 0 Å². The lowest BCUT2D eigenvalue weighted by atomic mass is 10.2. The van der Waals surface area contributed by atoms with Gasteiger partial charge in [0.05, 0.1) is 12.2 Å². The maximum absolute atomic E-state index is 5.80. The van der Waals surface area contributed by atoms with Gasteiger partial charge < -0.3 is 10.3 Å². The molecule has 2 heterocycles. The normalized spacial score (nSPS) is 12.6. The highest BCUT2D eigenvalue weighted by Crippen LogP contribution is 2.06. The summed E-state index contributed by atoms with van der Waals surface area (Å²) in [5, 5.41) is 0. The third-order valence-corrected chi connectivity index (χ3v) is 2.58. The molecule has 0 aromatic carbocycles. The van der Waals surface area contributed by atoms with Crippen LogP contribution in [0.15, 0.2) is 30.6 Å². The van der Waals surface area contributed by atoms with E-state index in [0.717, 1.165) is 30.2 Å². The van der Waals surface area contributed by atoms with E-state index in [9.17, 15) is 0 Å². The number of nitrogens with two attached hydrogens (primary N) is 1. The topological polar surface area (TPSA) is 56.7 Å². The van der Waals surface area contributed by atoms with Crippen molar-refractivity contribution in [1.82, 2.24) is 14.5 Å². The van der Waals surface area contributed by atoms with Crippen LogP contribution in [0, 0.1) is 6.92 Å². The first-order valence-corrected chi connectivity index (χ1v) is 5.83. The van der Waals surface area contributed by atoms with Crippen LogP contribution in [0.5, 0.6) is 0 Å². The highest BCUT2D eigenvalue weighted by atomic mass is 15.1. The Balaban J connectivity index is 2.16. The van der Waals surface area contributed by atoms with Gasteiger partial charge in [-0.2, -0.15) is 0 Å². The molecule has 1 atom stereocenters. The van der Waals surface area contributed by atoms with Gasteiger partial charge in [0.1, 0.15) is 5.82 Å². The van der Waals surface area contributed by atoms with E-state index in [2.05, 4.69) is 14.5 Å². The molecule has 2 N–H and O–H groups in total. The van der Waals surface area contributed by atoms with Crippen molar-refractivity contribution in [3.05, 3.63) is 47.8 Å². The molecule has 0 spiro atoms.